The molecule has 1 aliphatic rings. The first-order valence-electron chi connectivity index (χ1n) is 7.39. The van der Waals surface area contributed by atoms with Gasteiger partial charge in [0.2, 0.25) is 0 Å². The molecule has 0 bridgehead atoms. The Hall–Kier alpha value is -0.660. The smallest absolute Gasteiger partial charge is 0.251 e. The fourth-order valence-electron chi connectivity index (χ4n) is 2.65. The topological polar surface area (TPSA) is 41.6 Å². The number of hydrogen-bond donors (Lipinski definition) is 1. The molecule has 116 valence electrons. The summed E-state index contributed by atoms with van der Waals surface area (Å²) < 4.78 is 6.88. The van der Waals surface area contributed by atoms with Crippen molar-refractivity contribution in [2.45, 2.75) is 39.0 Å². The molecule has 1 aromatic carbocycles. The molecule has 1 fully saturated rings. The van der Waals surface area contributed by atoms with Crippen molar-refractivity contribution in [3.63, 3.8) is 0 Å². The number of nitrogens with one attached hydrogen (secondary N) is 1. The van der Waals surface area contributed by atoms with Gasteiger partial charge < -0.3 is 10.1 Å². The minimum absolute atomic E-state index is 0.00685. The number of carbonyl (C=O) groups is 1. The second kappa shape index (κ2) is 7.56. The molecule has 2 rings (SSSR count). The molecule has 1 aliphatic heterocycles. The number of morpholine rings is 1. The Morgan fingerprint density at radius 1 is 1.33 bits per heavy atom. The fraction of sp³-hybridized carbons (Fsp3) is 0.562. The van der Waals surface area contributed by atoms with Gasteiger partial charge in [0.15, 0.2) is 0 Å². The van der Waals surface area contributed by atoms with Crippen LogP contribution in [0.25, 0.3) is 0 Å². The molecule has 1 saturated heterocycles. The van der Waals surface area contributed by atoms with E-state index in [9.17, 15) is 4.79 Å². The number of halogens is 1. The van der Waals surface area contributed by atoms with Crippen LogP contribution in [0.1, 0.15) is 31.1 Å². The summed E-state index contributed by atoms with van der Waals surface area (Å²) in [5, 5.41) is 3.02. The quantitative estimate of drug-likeness (QED) is 0.788. The van der Waals surface area contributed by atoms with Gasteiger partial charge in [-0.1, -0.05) is 0 Å². The molecule has 21 heavy (non-hydrogen) atoms. The maximum absolute atomic E-state index is 12.1. The maximum atomic E-state index is 12.1. The SMILES string of the molecule is C[C@@H]1CN([C@H](C)CNC(=O)c2ccc(I)cc2)C[C@H](C)O1. The number of rotatable bonds is 4. The lowest BCUT2D eigenvalue weighted by Crippen LogP contribution is -2.52. The first kappa shape index (κ1) is 16.7. The van der Waals surface area contributed by atoms with Crippen molar-refractivity contribution in [2.75, 3.05) is 19.6 Å². The molecule has 1 aromatic rings. The van der Waals surface area contributed by atoms with Crippen molar-refractivity contribution in [1.82, 2.24) is 10.2 Å². The van der Waals surface area contributed by atoms with Crippen molar-refractivity contribution in [3.05, 3.63) is 33.4 Å². The zero-order chi connectivity index (χ0) is 15.4. The van der Waals surface area contributed by atoms with Crippen molar-refractivity contribution in [1.29, 1.82) is 0 Å². The molecular formula is C16H23IN2O2. The summed E-state index contributed by atoms with van der Waals surface area (Å²) in [6.45, 7) is 8.85. The highest BCUT2D eigenvalue weighted by atomic mass is 127. The largest absolute Gasteiger partial charge is 0.373 e. The Morgan fingerprint density at radius 3 is 2.48 bits per heavy atom. The van der Waals surface area contributed by atoms with E-state index in [0.717, 1.165) is 16.7 Å². The standard InChI is InChI=1S/C16H23IN2O2/c1-11(19-9-12(2)21-13(3)10-19)8-18-16(20)14-4-6-15(17)7-5-14/h4-7,11-13H,8-10H2,1-3H3,(H,18,20)/t11-,12-,13+/m1/s1. The minimum atomic E-state index is -0.00685. The highest BCUT2D eigenvalue weighted by Gasteiger charge is 2.25. The van der Waals surface area contributed by atoms with Crippen LogP contribution in [-0.4, -0.2) is 48.7 Å². The molecular weight excluding hydrogens is 379 g/mol. The summed E-state index contributed by atoms with van der Waals surface area (Å²) in [7, 11) is 0. The molecule has 0 aromatic heterocycles. The van der Waals surface area contributed by atoms with Gasteiger partial charge >= 0.3 is 0 Å². The normalized spacial score (nSPS) is 24.6. The van der Waals surface area contributed by atoms with Gasteiger partial charge in [0.1, 0.15) is 0 Å². The number of amides is 1. The molecule has 1 N–H and O–H groups in total. The second-order valence-corrected chi connectivity index (χ2v) is 7.02. The van der Waals surface area contributed by atoms with E-state index in [-0.39, 0.29) is 18.1 Å². The van der Waals surface area contributed by atoms with Crippen molar-refractivity contribution < 1.29 is 9.53 Å². The van der Waals surface area contributed by atoms with E-state index >= 15 is 0 Å². The third kappa shape index (κ3) is 4.93. The summed E-state index contributed by atoms with van der Waals surface area (Å²) >= 11 is 2.23. The van der Waals surface area contributed by atoms with Crippen LogP contribution in [0.3, 0.4) is 0 Å². The lowest BCUT2D eigenvalue weighted by molar-refractivity contribution is -0.0778. The molecule has 0 radical (unpaired) electrons. The molecule has 0 unspecified atom stereocenters. The zero-order valence-electron chi connectivity index (χ0n) is 12.8. The van der Waals surface area contributed by atoms with E-state index in [4.69, 9.17) is 4.74 Å². The second-order valence-electron chi connectivity index (χ2n) is 5.78. The van der Waals surface area contributed by atoms with Gasteiger partial charge in [-0.3, -0.25) is 9.69 Å². The molecule has 1 amide bonds. The van der Waals surface area contributed by atoms with E-state index in [0.29, 0.717) is 18.2 Å². The van der Waals surface area contributed by atoms with E-state index in [1.165, 1.54) is 0 Å². The van der Waals surface area contributed by atoms with Gasteiger partial charge in [0.05, 0.1) is 12.2 Å². The number of ether oxygens (including phenoxy) is 1. The van der Waals surface area contributed by atoms with Gasteiger partial charge in [0.25, 0.3) is 5.91 Å². The Labute approximate surface area is 140 Å². The Morgan fingerprint density at radius 2 is 1.90 bits per heavy atom. The van der Waals surface area contributed by atoms with Crippen LogP contribution in [0, 0.1) is 3.57 Å². The monoisotopic (exact) mass is 402 g/mol. The van der Waals surface area contributed by atoms with E-state index in [1.807, 2.05) is 24.3 Å². The van der Waals surface area contributed by atoms with Gasteiger partial charge in [-0.15, -0.1) is 0 Å². The van der Waals surface area contributed by atoms with Crippen LogP contribution in [0.4, 0.5) is 0 Å². The van der Waals surface area contributed by atoms with Gasteiger partial charge in [0, 0.05) is 34.8 Å². The Kier molecular flexibility index (Phi) is 6.01. The van der Waals surface area contributed by atoms with Crippen LogP contribution in [0.2, 0.25) is 0 Å². The van der Waals surface area contributed by atoms with E-state index in [2.05, 4.69) is 53.6 Å². The highest BCUT2D eigenvalue weighted by molar-refractivity contribution is 14.1. The predicted molar refractivity (Wildman–Crippen MR) is 92.5 cm³/mol. The van der Waals surface area contributed by atoms with Crippen LogP contribution < -0.4 is 5.32 Å². The fourth-order valence-corrected chi connectivity index (χ4v) is 3.01. The van der Waals surface area contributed by atoms with Crippen molar-refractivity contribution >= 4 is 28.5 Å². The zero-order valence-corrected chi connectivity index (χ0v) is 15.0. The predicted octanol–water partition coefficient (Wildman–Crippen LogP) is 2.52. The molecule has 0 aliphatic carbocycles. The number of benzene rings is 1. The molecule has 4 nitrogen and oxygen atoms in total. The molecule has 3 atom stereocenters. The van der Waals surface area contributed by atoms with Crippen LogP contribution in [0.15, 0.2) is 24.3 Å². The highest BCUT2D eigenvalue weighted by Crippen LogP contribution is 2.13. The average molecular weight is 402 g/mol. The average Bonchev–Trinajstić information content (AvgIpc) is 2.44. The van der Waals surface area contributed by atoms with Crippen LogP contribution >= 0.6 is 22.6 Å². The summed E-state index contributed by atoms with van der Waals surface area (Å²) in [6.07, 6.45) is 0.506. The Bertz CT molecular complexity index is 468. The Balaban J connectivity index is 1.84. The molecule has 0 spiro atoms. The summed E-state index contributed by atoms with van der Waals surface area (Å²) in [5.74, 6) is -0.00685. The molecule has 5 heteroatoms. The first-order chi connectivity index (χ1) is 9.95. The maximum Gasteiger partial charge on any atom is 0.251 e. The lowest BCUT2D eigenvalue weighted by Gasteiger charge is -2.39. The summed E-state index contributed by atoms with van der Waals surface area (Å²) in [6, 6.07) is 7.93. The van der Waals surface area contributed by atoms with Crippen molar-refractivity contribution in [2.24, 2.45) is 0 Å². The first-order valence-corrected chi connectivity index (χ1v) is 8.47. The molecule has 1 heterocycles. The summed E-state index contributed by atoms with van der Waals surface area (Å²) in [4.78, 5) is 14.5. The van der Waals surface area contributed by atoms with Crippen LogP contribution in [-0.2, 0) is 4.74 Å². The number of nitrogens with zero attached hydrogens (tertiary/aromatic N) is 1. The van der Waals surface area contributed by atoms with Crippen molar-refractivity contribution in [3.8, 4) is 0 Å². The third-order valence-electron chi connectivity index (χ3n) is 3.74. The van der Waals surface area contributed by atoms with Gasteiger partial charge in [-0.25, -0.2) is 0 Å². The number of carbonyl (C=O) groups excluding carboxylic acids is 1. The molecule has 0 saturated carbocycles. The summed E-state index contributed by atoms with van der Waals surface area (Å²) in [5.41, 5.74) is 0.714. The van der Waals surface area contributed by atoms with E-state index in [1.54, 1.807) is 0 Å². The van der Waals surface area contributed by atoms with E-state index < -0.39 is 0 Å². The van der Waals surface area contributed by atoms with Gasteiger partial charge in [-0.2, -0.15) is 0 Å². The van der Waals surface area contributed by atoms with Gasteiger partial charge in [-0.05, 0) is 67.6 Å². The minimum Gasteiger partial charge on any atom is -0.373 e. The van der Waals surface area contributed by atoms with Crippen LogP contribution in [0.5, 0.6) is 0 Å². The third-order valence-corrected chi connectivity index (χ3v) is 4.45. The number of hydrogen-bond acceptors (Lipinski definition) is 3. The lowest BCUT2D eigenvalue weighted by atomic mass is 10.1.